The predicted molar refractivity (Wildman–Crippen MR) is 397 cm³/mol. The lowest BCUT2D eigenvalue weighted by molar-refractivity contribution is -0.192. The molecule has 1 spiro atoms. The van der Waals surface area contributed by atoms with Crippen molar-refractivity contribution in [2.24, 2.45) is 153 Å². The summed E-state index contributed by atoms with van der Waals surface area (Å²) in [6.07, 6.45) is 31.0. The lowest BCUT2D eigenvalue weighted by Crippen LogP contribution is -2.39. The highest BCUT2D eigenvalue weighted by molar-refractivity contribution is 5.80. The van der Waals surface area contributed by atoms with E-state index in [0.29, 0.717) is 67.2 Å². The summed E-state index contributed by atoms with van der Waals surface area (Å²) in [6.45, 7) is 40.4. The summed E-state index contributed by atoms with van der Waals surface area (Å²) in [5.41, 5.74) is -0.264. The van der Waals surface area contributed by atoms with E-state index < -0.39 is 0 Å². The maximum Gasteiger partial charge on any atom is 0.312 e. The van der Waals surface area contributed by atoms with Gasteiger partial charge in [-0.15, -0.1) is 0 Å². The Hall–Kier alpha value is -1.95. The molecule has 0 aromatic rings. The van der Waals surface area contributed by atoms with Gasteiger partial charge in [0, 0.05) is 26.4 Å². The van der Waals surface area contributed by atoms with Crippen LogP contribution in [0.2, 0.25) is 0 Å². The lowest BCUT2D eigenvalue weighted by Gasteiger charge is -2.39. The number of carbonyl (C=O) groups is 3. The Morgan fingerprint density at radius 3 is 1.56 bits per heavy atom. The van der Waals surface area contributed by atoms with Crippen LogP contribution in [-0.2, 0) is 71.2 Å². The molecule has 586 valence electrons. The van der Waals surface area contributed by atoms with E-state index in [4.69, 9.17) is 56.8 Å². The Balaban J connectivity index is 0.000000130. The van der Waals surface area contributed by atoms with Crippen LogP contribution in [0.15, 0.2) is 0 Å². The van der Waals surface area contributed by atoms with Crippen LogP contribution >= 0.6 is 0 Å². The zero-order chi connectivity index (χ0) is 72.6. The van der Waals surface area contributed by atoms with Crippen LogP contribution in [0.5, 0.6) is 0 Å². The number of ether oxygens (including phenoxy) is 12. The molecule has 15 nitrogen and oxygen atoms in total. The van der Waals surface area contributed by atoms with Gasteiger partial charge in [0.05, 0.1) is 56.4 Å². The number of cyclic esters (lactones) is 1. The first kappa shape index (κ1) is 81.0. The quantitative estimate of drug-likeness (QED) is 0.0509. The van der Waals surface area contributed by atoms with E-state index in [1.807, 2.05) is 27.7 Å². The monoisotopic (exact) mass is 1430 g/mol. The lowest BCUT2D eigenvalue weighted by atomic mass is 9.65. The van der Waals surface area contributed by atoms with Crippen LogP contribution in [0.25, 0.3) is 0 Å². The van der Waals surface area contributed by atoms with Crippen molar-refractivity contribution in [1.29, 1.82) is 0 Å². The molecule has 0 N–H and O–H groups in total. The van der Waals surface area contributed by atoms with Crippen LogP contribution in [-0.4, -0.2) is 121 Å². The Morgan fingerprint density at radius 2 is 1.05 bits per heavy atom. The van der Waals surface area contributed by atoms with E-state index in [2.05, 4.69) is 76.2 Å². The molecule has 15 rings (SSSR count). The standard InChI is InChI=1S/C23H40O4.C21H36O4.C17H28O3.C14H26O2.C12H18O2/c1-6-23(10-8-9-11-23)27-22(24)14-21(26-17(5)25-7-2)20-13-18-12-19(20)16(4)15(18)3;1-14-15(2)17-11-16(14)18(12-24-20-7-3-5-9-22-20)19(17)13-25-21-8-4-6-10-23-21;1-11-12(2)15-8-13(11)9-16(15)17(18)20-10-19-14-6-4-3-5-7-14;1-5-15-11(4)16-8-13-6-12-7-14(13)10(3)9(12)2;1-7-8(2)10-5-9(7)6-12(10)3-4-14-11(12)13/h15-21H,6-14H2,1-5H3;14-21H,3-13H2,1-2H3;11-16H,3-10H2,1-2H3;9-14H,5-8H2,1-4H3;7-10H,3-6H2,1-2H3. The number of esters is 3. The first-order valence-electron chi connectivity index (χ1n) is 43.2. The van der Waals surface area contributed by atoms with Crippen LogP contribution in [0.1, 0.15) is 277 Å². The van der Waals surface area contributed by atoms with Crippen LogP contribution in [0.3, 0.4) is 0 Å². The molecule has 0 radical (unpaired) electrons. The summed E-state index contributed by atoms with van der Waals surface area (Å²) < 4.78 is 69.5. The fourth-order valence-corrected chi connectivity index (χ4v) is 25.0. The van der Waals surface area contributed by atoms with Gasteiger partial charge in [-0.25, -0.2) is 0 Å². The molecule has 15 fully saturated rings. The summed E-state index contributed by atoms with van der Waals surface area (Å²) in [7, 11) is 0. The van der Waals surface area contributed by atoms with Gasteiger partial charge >= 0.3 is 17.9 Å². The highest BCUT2D eigenvalue weighted by Crippen LogP contribution is 2.65. The van der Waals surface area contributed by atoms with Gasteiger partial charge in [-0.3, -0.25) is 14.4 Å². The SMILES string of the molecule is CC1C(C)C2CC1C(COC1CCCCO1)C2COC1CCCCO1.CC1C2CC(C(=O)OCOC3CCCCC3)C(C2)C1C.CC1C2CC(C1C)C1(CCOC1=O)C2.CCOC(C)OC(CC(=O)OC1(CC)CCCC1)C1CC2CC1C(C)C2C.CCOC(C)OCC1CC2CC1C(C)C2C. The van der Waals surface area contributed by atoms with Gasteiger partial charge in [-0.1, -0.05) is 95.4 Å². The van der Waals surface area contributed by atoms with Crippen molar-refractivity contribution < 1.29 is 71.2 Å². The van der Waals surface area contributed by atoms with Crippen molar-refractivity contribution in [3.8, 4) is 0 Å². The third kappa shape index (κ3) is 18.7. The minimum absolute atomic E-state index is 0.00735. The van der Waals surface area contributed by atoms with Gasteiger partial charge in [-0.2, -0.15) is 0 Å². The number of rotatable bonds is 24. The Labute approximate surface area is 619 Å². The molecular formula is C87H148O15. The predicted octanol–water partition coefficient (Wildman–Crippen LogP) is 18.9. The molecule has 31 unspecified atom stereocenters. The third-order valence-corrected chi connectivity index (χ3v) is 32.2. The van der Waals surface area contributed by atoms with Gasteiger partial charge < -0.3 is 56.8 Å². The van der Waals surface area contributed by atoms with Gasteiger partial charge in [0.25, 0.3) is 0 Å². The second-order valence-corrected chi connectivity index (χ2v) is 36.8. The van der Waals surface area contributed by atoms with Gasteiger partial charge in [-0.05, 0) is 317 Å². The van der Waals surface area contributed by atoms with E-state index >= 15 is 0 Å². The molecule has 3 saturated heterocycles. The minimum atomic E-state index is -0.272. The molecule has 0 amide bonds. The van der Waals surface area contributed by atoms with Crippen molar-refractivity contribution >= 4 is 17.9 Å². The summed E-state index contributed by atoms with van der Waals surface area (Å²) in [5.74, 6) is 18.3. The molecule has 12 saturated carbocycles. The molecule has 3 heterocycles. The molecule has 3 aliphatic heterocycles. The van der Waals surface area contributed by atoms with Gasteiger partial charge in [0.1, 0.15) is 5.60 Å². The maximum atomic E-state index is 12.9. The smallest absolute Gasteiger partial charge is 0.312 e. The van der Waals surface area contributed by atoms with Gasteiger partial charge in [0.15, 0.2) is 32.0 Å². The maximum absolute atomic E-state index is 12.9. The van der Waals surface area contributed by atoms with Crippen molar-refractivity contribution in [2.75, 3.05) is 59.6 Å². The minimum Gasteiger partial charge on any atom is -0.465 e. The second-order valence-electron chi connectivity index (χ2n) is 36.8. The first-order chi connectivity index (χ1) is 49.1. The van der Waals surface area contributed by atoms with Crippen LogP contribution < -0.4 is 0 Å². The number of fused-ring (bicyclic) bond motifs is 11. The molecule has 102 heavy (non-hydrogen) atoms. The fraction of sp³-hybridized carbons (Fsp3) is 0.966. The third-order valence-electron chi connectivity index (χ3n) is 32.2. The highest BCUT2D eigenvalue weighted by atomic mass is 16.7. The topological polar surface area (TPSA) is 162 Å². The van der Waals surface area contributed by atoms with Crippen molar-refractivity contribution in [1.82, 2.24) is 0 Å². The van der Waals surface area contributed by atoms with Crippen molar-refractivity contribution in [2.45, 2.75) is 320 Å². The molecular weight excluding hydrogens is 1280 g/mol. The first-order valence-corrected chi connectivity index (χ1v) is 43.2. The van der Waals surface area contributed by atoms with E-state index in [-0.39, 0.29) is 72.9 Å². The fourth-order valence-electron chi connectivity index (χ4n) is 25.0. The molecule has 0 aromatic carbocycles. The number of carbonyl (C=O) groups excluding carboxylic acids is 3. The van der Waals surface area contributed by atoms with Crippen LogP contribution in [0.4, 0.5) is 0 Å². The second kappa shape index (κ2) is 37.2. The Bertz CT molecular complexity index is 2510. The Morgan fingerprint density at radius 1 is 0.500 bits per heavy atom. The number of hydrogen-bond donors (Lipinski definition) is 0. The molecule has 10 bridgehead atoms. The highest BCUT2D eigenvalue weighted by Gasteiger charge is 2.63. The molecule has 15 aliphatic rings. The van der Waals surface area contributed by atoms with Crippen molar-refractivity contribution in [3.63, 3.8) is 0 Å². The van der Waals surface area contributed by atoms with Gasteiger partial charge in [0.2, 0.25) is 0 Å². The zero-order valence-corrected chi connectivity index (χ0v) is 67.0. The largest absolute Gasteiger partial charge is 0.465 e. The zero-order valence-electron chi connectivity index (χ0n) is 67.0. The average Bonchev–Trinajstić information content (AvgIpc) is 1.57. The average molecular weight is 1430 g/mol. The summed E-state index contributed by atoms with van der Waals surface area (Å²) in [4.78, 5) is 36.9. The normalized spacial score (nSPS) is 43.9. The summed E-state index contributed by atoms with van der Waals surface area (Å²) >= 11 is 0. The van der Waals surface area contributed by atoms with Crippen LogP contribution in [0, 0.1) is 153 Å². The van der Waals surface area contributed by atoms with E-state index in [1.165, 1.54) is 103 Å². The molecule has 12 aliphatic carbocycles. The van der Waals surface area contributed by atoms with E-state index in [1.54, 1.807) is 0 Å². The molecule has 0 aromatic heterocycles. The number of hydrogen-bond acceptors (Lipinski definition) is 15. The Kier molecular flexibility index (Phi) is 29.5. The van der Waals surface area contributed by atoms with E-state index in [0.717, 1.165) is 204 Å². The van der Waals surface area contributed by atoms with E-state index in [9.17, 15) is 14.4 Å². The summed E-state index contributed by atoms with van der Waals surface area (Å²) in [6, 6.07) is 0. The summed E-state index contributed by atoms with van der Waals surface area (Å²) in [5, 5.41) is 0. The molecule has 31 atom stereocenters. The molecule has 15 heteroatoms. The van der Waals surface area contributed by atoms with Crippen molar-refractivity contribution in [3.05, 3.63) is 0 Å².